The number of hydrogen-bond acceptors (Lipinski definition) is 4. The molecule has 0 bridgehead atoms. The molecular weight excluding hydrogens is 250 g/mol. The highest BCUT2D eigenvalue weighted by atomic mass is 35.5. The first-order chi connectivity index (χ1) is 6.59. The van der Waals surface area contributed by atoms with Gasteiger partial charge in [-0.25, -0.2) is 4.57 Å². The number of rotatable bonds is 4. The molecule has 0 aromatic heterocycles. The summed E-state index contributed by atoms with van der Waals surface area (Å²) in [5.41, 5.74) is 0.929. The Morgan fingerprint density at radius 3 is 2.43 bits per heavy atom. The summed E-state index contributed by atoms with van der Waals surface area (Å²) in [6.45, 7) is 1.85. The molecule has 0 aliphatic rings. The van der Waals surface area contributed by atoms with E-state index < -0.39 is 7.82 Å². The first-order valence-electron chi connectivity index (χ1n) is 3.56. The highest BCUT2D eigenvalue weighted by molar-refractivity contribution is 7.50. The van der Waals surface area contributed by atoms with Crippen molar-refractivity contribution in [3.8, 4) is 5.75 Å². The van der Waals surface area contributed by atoms with Crippen LogP contribution in [0.3, 0.4) is 0 Å². The molecule has 1 rings (SSSR count). The van der Waals surface area contributed by atoms with Gasteiger partial charge < -0.3 is 4.52 Å². The molecule has 7 heteroatoms. The van der Waals surface area contributed by atoms with Crippen molar-refractivity contribution in [2.45, 2.75) is 6.92 Å². The molecule has 0 spiro atoms. The molecule has 0 saturated carbocycles. The average Bonchev–Trinajstić information content (AvgIpc) is 2.18. The normalized spacial score (nSPS) is 11.4. The third-order valence-electron chi connectivity index (χ3n) is 1.38. The summed E-state index contributed by atoms with van der Waals surface area (Å²) in [4.78, 5) is 0. The van der Waals surface area contributed by atoms with E-state index >= 15 is 0 Å². The van der Waals surface area contributed by atoms with E-state index in [1.54, 1.807) is 18.2 Å². The molecule has 78 valence electrons. The van der Waals surface area contributed by atoms with Gasteiger partial charge in [0.1, 0.15) is 5.75 Å². The summed E-state index contributed by atoms with van der Waals surface area (Å²) in [5.74, 6) is 0.301. The molecule has 0 aliphatic heterocycles. The van der Waals surface area contributed by atoms with Crippen molar-refractivity contribution >= 4 is 31.6 Å². The van der Waals surface area contributed by atoms with Crippen LogP contribution in [0.1, 0.15) is 5.56 Å². The summed E-state index contributed by atoms with van der Waals surface area (Å²) < 4.78 is 24.1. The molecule has 0 amide bonds. The second kappa shape index (κ2) is 5.01. The summed E-state index contributed by atoms with van der Waals surface area (Å²) in [6, 6.07) is 6.78. The average molecular weight is 257 g/mol. The van der Waals surface area contributed by atoms with Crippen molar-refractivity contribution in [1.82, 2.24) is 0 Å². The summed E-state index contributed by atoms with van der Waals surface area (Å²) in [6.07, 6.45) is 0. The lowest BCUT2D eigenvalue weighted by Crippen LogP contribution is -1.92. The zero-order valence-corrected chi connectivity index (χ0v) is 9.55. The number of benzene rings is 1. The molecule has 4 nitrogen and oxygen atoms in total. The Hall–Kier alpha value is -0.250. The zero-order valence-electron chi connectivity index (χ0n) is 7.15. The zero-order chi connectivity index (χ0) is 10.6. The Kier molecular flexibility index (Phi) is 4.23. The van der Waals surface area contributed by atoms with Gasteiger partial charge in [0.15, 0.2) is 0 Å². The Balaban J connectivity index is 2.83. The minimum Gasteiger partial charge on any atom is -0.402 e. The Labute approximate surface area is 91.6 Å². The van der Waals surface area contributed by atoms with E-state index in [2.05, 4.69) is 8.15 Å². The van der Waals surface area contributed by atoms with Gasteiger partial charge in [-0.3, -0.25) is 0 Å². The van der Waals surface area contributed by atoms with Gasteiger partial charge in [-0.2, -0.15) is 8.15 Å². The molecule has 1 aromatic carbocycles. The quantitative estimate of drug-likeness (QED) is 0.769. The van der Waals surface area contributed by atoms with Gasteiger partial charge in [-0.05, 0) is 24.6 Å². The van der Waals surface area contributed by atoms with E-state index in [1.807, 2.05) is 13.0 Å². The number of aryl methyl sites for hydroxylation is 1. The molecule has 0 unspecified atom stereocenters. The summed E-state index contributed by atoms with van der Waals surface area (Å²) in [5, 5.41) is 0. The van der Waals surface area contributed by atoms with Crippen molar-refractivity contribution in [3.63, 3.8) is 0 Å². The maximum Gasteiger partial charge on any atom is 0.563 e. The van der Waals surface area contributed by atoms with E-state index in [0.29, 0.717) is 5.75 Å². The maximum atomic E-state index is 11.3. The van der Waals surface area contributed by atoms with Gasteiger partial charge in [0.05, 0.1) is 23.7 Å². The fourth-order valence-corrected chi connectivity index (χ4v) is 1.71. The predicted octanol–water partition coefficient (Wildman–Crippen LogP) is 3.82. The molecule has 0 radical (unpaired) electrons. The van der Waals surface area contributed by atoms with E-state index in [9.17, 15) is 4.57 Å². The Morgan fingerprint density at radius 2 is 1.93 bits per heavy atom. The lowest BCUT2D eigenvalue weighted by atomic mass is 10.2. The first-order valence-corrected chi connectivity index (χ1v) is 5.64. The SMILES string of the molecule is Cc1cccc(OP(=O)(OCl)OCl)c1. The molecule has 0 atom stereocenters. The molecule has 0 saturated heterocycles. The second-order valence-electron chi connectivity index (χ2n) is 2.49. The van der Waals surface area contributed by atoms with E-state index in [-0.39, 0.29) is 0 Å². The summed E-state index contributed by atoms with van der Waals surface area (Å²) in [7, 11) is -3.89. The van der Waals surface area contributed by atoms with Crippen LogP contribution in [0, 0.1) is 6.92 Å². The minimum atomic E-state index is -3.89. The molecule has 0 N–H and O–H groups in total. The lowest BCUT2D eigenvalue weighted by Gasteiger charge is -2.10. The highest BCUT2D eigenvalue weighted by Crippen LogP contribution is 2.51. The van der Waals surface area contributed by atoms with Crippen LogP contribution in [0.4, 0.5) is 0 Å². The second-order valence-corrected chi connectivity index (χ2v) is 4.67. The fraction of sp³-hybridized carbons (Fsp3) is 0.143. The molecule has 0 aliphatic carbocycles. The largest absolute Gasteiger partial charge is 0.563 e. The van der Waals surface area contributed by atoms with E-state index in [1.165, 1.54) is 0 Å². The van der Waals surface area contributed by atoms with Crippen molar-refractivity contribution in [1.29, 1.82) is 0 Å². The van der Waals surface area contributed by atoms with Crippen LogP contribution in [0.2, 0.25) is 0 Å². The summed E-state index contributed by atoms with van der Waals surface area (Å²) >= 11 is 9.80. The van der Waals surface area contributed by atoms with Crippen LogP contribution in [0.25, 0.3) is 0 Å². The third-order valence-corrected chi connectivity index (χ3v) is 3.16. The monoisotopic (exact) mass is 256 g/mol. The third kappa shape index (κ3) is 3.15. The molecule has 0 heterocycles. The maximum absolute atomic E-state index is 11.3. The number of halogens is 2. The Morgan fingerprint density at radius 1 is 1.29 bits per heavy atom. The van der Waals surface area contributed by atoms with Crippen molar-refractivity contribution < 1.29 is 17.2 Å². The molecule has 1 aromatic rings. The van der Waals surface area contributed by atoms with Crippen LogP contribution in [-0.4, -0.2) is 0 Å². The molecular formula is C7H7Cl2O4P. The number of hydrogen-bond donors (Lipinski definition) is 0. The van der Waals surface area contributed by atoms with E-state index in [4.69, 9.17) is 28.3 Å². The lowest BCUT2D eigenvalue weighted by molar-refractivity contribution is 0.318. The van der Waals surface area contributed by atoms with E-state index in [0.717, 1.165) is 5.56 Å². The van der Waals surface area contributed by atoms with Gasteiger partial charge in [0.25, 0.3) is 0 Å². The Bertz CT molecular complexity index is 349. The van der Waals surface area contributed by atoms with Gasteiger partial charge in [-0.1, -0.05) is 12.1 Å². The van der Waals surface area contributed by atoms with Crippen molar-refractivity contribution in [3.05, 3.63) is 29.8 Å². The van der Waals surface area contributed by atoms with Gasteiger partial charge >= 0.3 is 7.82 Å². The van der Waals surface area contributed by atoms with Gasteiger partial charge in [0.2, 0.25) is 0 Å². The first kappa shape index (κ1) is 11.8. The van der Waals surface area contributed by atoms with Crippen LogP contribution in [0.15, 0.2) is 24.3 Å². The highest BCUT2D eigenvalue weighted by Gasteiger charge is 2.28. The van der Waals surface area contributed by atoms with Crippen LogP contribution < -0.4 is 4.52 Å². The van der Waals surface area contributed by atoms with Crippen LogP contribution in [0.5, 0.6) is 5.75 Å². The topological polar surface area (TPSA) is 44.8 Å². The van der Waals surface area contributed by atoms with Gasteiger partial charge in [-0.15, -0.1) is 0 Å². The molecule has 14 heavy (non-hydrogen) atoms. The predicted molar refractivity (Wildman–Crippen MR) is 53.3 cm³/mol. The fourth-order valence-electron chi connectivity index (χ4n) is 0.840. The van der Waals surface area contributed by atoms with Crippen molar-refractivity contribution in [2.24, 2.45) is 0 Å². The standard InChI is InChI=1S/C7H7Cl2O4P/c1-6-3-2-4-7(5-6)11-14(10,12-8)13-9/h2-5H,1H3. The smallest absolute Gasteiger partial charge is 0.402 e. The van der Waals surface area contributed by atoms with Crippen LogP contribution in [-0.2, 0) is 12.7 Å². The van der Waals surface area contributed by atoms with Gasteiger partial charge in [0, 0.05) is 0 Å². The minimum absolute atomic E-state index is 0.301. The van der Waals surface area contributed by atoms with Crippen molar-refractivity contribution in [2.75, 3.05) is 0 Å². The number of phosphoric acid groups is 1. The molecule has 0 fully saturated rings. The van der Waals surface area contributed by atoms with Crippen LogP contribution >= 0.6 is 31.6 Å².